The number of ether oxygens (including phenoxy) is 1. The van der Waals surface area contributed by atoms with Crippen molar-refractivity contribution in [3.8, 4) is 23.2 Å². The topological polar surface area (TPSA) is 124 Å². The minimum absolute atomic E-state index is 0.0444. The largest absolute Gasteiger partial charge is 0.467 e. The Bertz CT molecular complexity index is 2010. The van der Waals surface area contributed by atoms with Crippen LogP contribution in [0.3, 0.4) is 0 Å². The molecule has 282 valence electrons. The first kappa shape index (κ1) is 39.7. The Morgan fingerprint density at radius 3 is 2.53 bits per heavy atom. The fourth-order valence-electron chi connectivity index (χ4n) is 6.87. The van der Waals surface area contributed by atoms with Gasteiger partial charge in [-0.1, -0.05) is 11.9 Å². The van der Waals surface area contributed by atoms with Gasteiger partial charge in [0.25, 0.3) is 0 Å². The first-order valence-corrected chi connectivity index (χ1v) is 17.8. The van der Waals surface area contributed by atoms with Gasteiger partial charge in [0.15, 0.2) is 5.82 Å². The number of alkyl halides is 4. The van der Waals surface area contributed by atoms with E-state index < -0.39 is 40.6 Å². The number of hydrogen-bond acceptors (Lipinski definition) is 9. The predicted octanol–water partition coefficient (Wildman–Crippen LogP) is 7.23. The monoisotopic (exact) mass is 760 g/mol. The zero-order valence-electron chi connectivity index (χ0n) is 29.7. The molecule has 0 saturated carbocycles. The number of anilines is 2. The fraction of sp³-hybridized carbons (Fsp3) is 0.486. The highest BCUT2D eigenvalue weighted by molar-refractivity contribution is 7.23. The maximum Gasteiger partial charge on any atom is 0.417 e. The van der Waals surface area contributed by atoms with Crippen LogP contribution < -0.4 is 15.8 Å². The standard InChI is InChI=1S/C21H14F5N5OS.C7H13BN2O.C7H12FN/c1-3-29-19-9-6-11(21(24,25)26)14(15(23)16(9)30-20(31-19)32-2)8-4-5-12(22)17-13(8)10(7-27)18(28)33-17;1-9(2)7(11)10-4-3-6(8)5-10;8-6-4-7-2-1-3-9(7)5-6/h4-6H,3,28H2,1-2H3,(H,29,30,31);6H,3-5H2,1-2H3;6-7H,1-5H2. The third kappa shape index (κ3) is 8.36. The van der Waals surface area contributed by atoms with E-state index in [0.717, 1.165) is 44.1 Å². The zero-order valence-corrected chi connectivity index (χ0v) is 30.5. The van der Waals surface area contributed by atoms with Crippen molar-refractivity contribution in [3.05, 3.63) is 41.0 Å². The number of halogens is 6. The van der Waals surface area contributed by atoms with Crippen molar-refractivity contribution in [1.82, 2.24) is 24.7 Å². The molecule has 7 rings (SSSR count). The van der Waals surface area contributed by atoms with Crippen LogP contribution in [0.2, 0.25) is 5.82 Å². The maximum absolute atomic E-state index is 15.9. The summed E-state index contributed by atoms with van der Waals surface area (Å²) in [4.78, 5) is 24.8. The average Bonchev–Trinajstić information content (AvgIpc) is 3.89. The van der Waals surface area contributed by atoms with E-state index in [1.54, 1.807) is 36.9 Å². The molecule has 5 heterocycles. The SMILES string of the molecule is CCNc1nc(OC)nc2c(F)c(-c3ccc(F)c4sc(N)c(C#N)c34)c(C(F)(F)F)cc12.FC1CC2CCCN2C1.[B]C1CCN(C(=O)N(C)C)C1. The van der Waals surface area contributed by atoms with Crippen molar-refractivity contribution in [2.45, 2.75) is 56.8 Å². The molecule has 3 aliphatic heterocycles. The number of thiophene rings is 1. The van der Waals surface area contributed by atoms with Gasteiger partial charge < -0.3 is 25.6 Å². The summed E-state index contributed by atoms with van der Waals surface area (Å²) in [6, 6.07) is 4.82. The molecule has 2 aromatic heterocycles. The molecule has 0 bridgehead atoms. The Balaban J connectivity index is 0.000000217. The normalized spacial score (nSPS) is 19.6. The Kier molecular flexibility index (Phi) is 12.2. The molecular weight excluding hydrogens is 721 g/mol. The second kappa shape index (κ2) is 16.3. The fourth-order valence-corrected chi connectivity index (χ4v) is 7.82. The van der Waals surface area contributed by atoms with Gasteiger partial charge in [-0.3, -0.25) is 4.90 Å². The zero-order chi connectivity index (χ0) is 38.8. The third-order valence-electron chi connectivity index (χ3n) is 9.28. The smallest absolute Gasteiger partial charge is 0.417 e. The van der Waals surface area contributed by atoms with Crippen molar-refractivity contribution >= 4 is 57.0 Å². The number of rotatable bonds is 4. The van der Waals surface area contributed by atoms with Crippen LogP contribution in [0.25, 0.3) is 32.1 Å². The van der Waals surface area contributed by atoms with Gasteiger partial charge in [-0.05, 0) is 56.8 Å². The van der Waals surface area contributed by atoms with Crippen LogP contribution in [0, 0.1) is 23.0 Å². The summed E-state index contributed by atoms with van der Waals surface area (Å²) in [5.41, 5.74) is 2.59. The number of methoxy groups -OCH3 is 1. The summed E-state index contributed by atoms with van der Waals surface area (Å²) in [5, 5.41) is 11.8. The summed E-state index contributed by atoms with van der Waals surface area (Å²) in [6.45, 7) is 5.35. The summed E-state index contributed by atoms with van der Waals surface area (Å²) >= 11 is 0.698. The second-order valence-corrected chi connectivity index (χ2v) is 14.2. The molecule has 3 unspecified atom stereocenters. The molecule has 10 nitrogen and oxygen atoms in total. The van der Waals surface area contributed by atoms with Crippen LogP contribution in [0.15, 0.2) is 18.2 Å². The molecule has 53 heavy (non-hydrogen) atoms. The van der Waals surface area contributed by atoms with E-state index in [-0.39, 0.29) is 61.8 Å². The molecule has 0 spiro atoms. The van der Waals surface area contributed by atoms with Crippen LogP contribution >= 0.6 is 11.3 Å². The number of urea groups is 1. The van der Waals surface area contributed by atoms with Crippen LogP contribution in [0.5, 0.6) is 6.01 Å². The Morgan fingerprint density at radius 2 is 1.94 bits per heavy atom. The van der Waals surface area contributed by atoms with Gasteiger partial charge in [0.05, 0.1) is 30.8 Å². The van der Waals surface area contributed by atoms with E-state index in [1.165, 1.54) is 20.0 Å². The Labute approximate surface area is 308 Å². The number of likely N-dealkylation sites (tertiary alicyclic amines) is 1. The number of nitrogens with zero attached hydrogens (tertiary/aromatic N) is 6. The Morgan fingerprint density at radius 1 is 1.21 bits per heavy atom. The van der Waals surface area contributed by atoms with Crippen LogP contribution in [-0.2, 0) is 6.18 Å². The predicted molar refractivity (Wildman–Crippen MR) is 194 cm³/mol. The van der Waals surface area contributed by atoms with E-state index in [1.807, 2.05) is 0 Å². The van der Waals surface area contributed by atoms with Gasteiger partial charge in [0.2, 0.25) is 0 Å². The van der Waals surface area contributed by atoms with Crippen molar-refractivity contribution in [2.75, 3.05) is 65.0 Å². The summed E-state index contributed by atoms with van der Waals surface area (Å²) in [7, 11) is 10.4. The number of nitrogens with one attached hydrogen (secondary N) is 1. The lowest BCUT2D eigenvalue weighted by Crippen LogP contribution is -2.37. The molecule has 3 aliphatic rings. The van der Waals surface area contributed by atoms with Crippen molar-refractivity contribution in [1.29, 1.82) is 5.26 Å². The number of carbonyl (C=O) groups is 1. The number of fused-ring (bicyclic) bond motifs is 3. The highest BCUT2D eigenvalue weighted by Gasteiger charge is 2.38. The first-order chi connectivity index (χ1) is 25.1. The lowest BCUT2D eigenvalue weighted by molar-refractivity contribution is -0.137. The number of nitrogen functional groups attached to an aromatic ring is 1. The summed E-state index contributed by atoms with van der Waals surface area (Å²) in [6.07, 6.45) is -1.25. The number of hydrogen-bond donors (Lipinski definition) is 2. The van der Waals surface area contributed by atoms with E-state index in [0.29, 0.717) is 30.5 Å². The molecule has 0 aliphatic carbocycles. The van der Waals surface area contributed by atoms with E-state index in [4.69, 9.17) is 18.3 Å². The van der Waals surface area contributed by atoms with E-state index in [2.05, 4.69) is 20.2 Å². The molecule has 4 aromatic rings. The molecule has 18 heteroatoms. The average molecular weight is 761 g/mol. The lowest BCUT2D eigenvalue weighted by atomic mass is 9.87. The second-order valence-electron chi connectivity index (χ2n) is 13.1. The molecule has 3 atom stereocenters. The summed E-state index contributed by atoms with van der Waals surface area (Å²) < 4.78 is 90.2. The maximum atomic E-state index is 15.9. The molecule has 2 radical (unpaired) electrons. The number of aromatic nitrogens is 2. The number of amides is 2. The minimum atomic E-state index is -5.00. The van der Waals surface area contributed by atoms with Gasteiger partial charge in [-0.25, -0.2) is 18.0 Å². The van der Waals surface area contributed by atoms with Crippen molar-refractivity contribution < 1.29 is 35.9 Å². The van der Waals surface area contributed by atoms with Gasteiger partial charge in [-0.15, -0.1) is 11.3 Å². The van der Waals surface area contributed by atoms with E-state index >= 15 is 4.39 Å². The quantitative estimate of drug-likeness (QED) is 0.165. The van der Waals surface area contributed by atoms with Crippen molar-refractivity contribution in [3.63, 3.8) is 0 Å². The van der Waals surface area contributed by atoms with Gasteiger partial charge >= 0.3 is 18.2 Å². The highest BCUT2D eigenvalue weighted by atomic mass is 32.1. The van der Waals surface area contributed by atoms with E-state index in [9.17, 15) is 32.0 Å². The number of benzene rings is 2. The van der Waals surface area contributed by atoms with Crippen LogP contribution in [0.4, 0.5) is 42.0 Å². The Hall–Kier alpha value is -4.50. The van der Waals surface area contributed by atoms with Gasteiger partial charge in [0.1, 0.15) is 34.4 Å². The van der Waals surface area contributed by atoms with Gasteiger partial charge in [0, 0.05) is 62.7 Å². The molecule has 3 N–H and O–H groups in total. The molecule has 3 fully saturated rings. The number of nitriles is 1. The minimum Gasteiger partial charge on any atom is -0.467 e. The lowest BCUT2D eigenvalue weighted by Gasteiger charge is -2.20. The van der Waals surface area contributed by atoms with Crippen molar-refractivity contribution in [2.24, 2.45) is 0 Å². The van der Waals surface area contributed by atoms with Crippen LogP contribution in [-0.4, -0.2) is 105 Å². The molecule has 3 saturated heterocycles. The number of nitrogens with two attached hydrogens (primary N) is 1. The summed E-state index contributed by atoms with van der Waals surface area (Å²) in [5.74, 6) is -1.97. The highest BCUT2D eigenvalue weighted by Crippen LogP contribution is 2.47. The molecular formula is C35H39BF6N8O2S. The molecule has 2 amide bonds. The third-order valence-corrected chi connectivity index (χ3v) is 10.3. The van der Waals surface area contributed by atoms with Gasteiger partial charge in [-0.2, -0.15) is 28.4 Å². The molecule has 2 aromatic carbocycles. The number of carbonyl (C=O) groups excluding carboxylic acids is 1. The van der Waals surface area contributed by atoms with Crippen LogP contribution in [0.1, 0.15) is 43.7 Å². The first-order valence-electron chi connectivity index (χ1n) is 17.0.